The van der Waals surface area contributed by atoms with Crippen LogP contribution in [0.1, 0.15) is 27.7 Å². The Hall–Kier alpha value is -2.83. The van der Waals surface area contributed by atoms with Gasteiger partial charge in [0.15, 0.2) is 11.5 Å². The van der Waals surface area contributed by atoms with Crippen LogP contribution in [0.25, 0.3) is 11.3 Å². The van der Waals surface area contributed by atoms with E-state index in [1.165, 1.54) is 10.7 Å². The molecule has 0 unspecified atom stereocenters. The minimum atomic E-state index is -0.310. The number of hydrogen-bond donors (Lipinski definition) is 0. The van der Waals surface area contributed by atoms with Crippen molar-refractivity contribution < 1.29 is 14.3 Å². The number of ether oxygens (including phenoxy) is 2. The highest BCUT2D eigenvalue weighted by molar-refractivity contribution is 5.76. The van der Waals surface area contributed by atoms with Crippen LogP contribution in [-0.2, 0) is 11.3 Å². The van der Waals surface area contributed by atoms with E-state index in [0.717, 1.165) is 5.56 Å². The Morgan fingerprint density at radius 3 is 2.50 bits per heavy atom. The summed E-state index contributed by atoms with van der Waals surface area (Å²) in [6.45, 7) is 7.93. The molecule has 7 heteroatoms. The van der Waals surface area contributed by atoms with Gasteiger partial charge in [-0.05, 0) is 52.0 Å². The number of benzene rings is 1. The molecular weight excluding hydrogens is 334 g/mol. The molecule has 0 spiro atoms. The van der Waals surface area contributed by atoms with Gasteiger partial charge in [0.25, 0.3) is 5.56 Å². The van der Waals surface area contributed by atoms with Crippen LogP contribution < -0.4 is 15.0 Å². The van der Waals surface area contributed by atoms with E-state index in [1.54, 1.807) is 17.0 Å². The van der Waals surface area contributed by atoms with Crippen LogP contribution >= 0.6 is 0 Å². The minimum Gasteiger partial charge on any atom is -0.454 e. The van der Waals surface area contributed by atoms with E-state index in [2.05, 4.69) is 5.10 Å². The van der Waals surface area contributed by atoms with Crippen molar-refractivity contribution >= 4 is 5.91 Å². The van der Waals surface area contributed by atoms with Gasteiger partial charge < -0.3 is 14.4 Å². The maximum absolute atomic E-state index is 12.6. The van der Waals surface area contributed by atoms with Crippen molar-refractivity contribution in [1.29, 1.82) is 0 Å². The van der Waals surface area contributed by atoms with Crippen LogP contribution in [0.15, 0.2) is 35.1 Å². The summed E-state index contributed by atoms with van der Waals surface area (Å²) in [7, 11) is 0. The second kappa shape index (κ2) is 7.19. The third kappa shape index (κ3) is 3.56. The lowest BCUT2D eigenvalue weighted by Crippen LogP contribution is -2.45. The van der Waals surface area contributed by atoms with Crippen LogP contribution in [0.2, 0.25) is 0 Å². The first-order valence-electron chi connectivity index (χ1n) is 8.66. The maximum atomic E-state index is 12.6. The summed E-state index contributed by atoms with van der Waals surface area (Å²) in [6.07, 6.45) is 0. The van der Waals surface area contributed by atoms with Gasteiger partial charge in [0, 0.05) is 23.7 Å². The Morgan fingerprint density at radius 2 is 1.81 bits per heavy atom. The molecule has 0 radical (unpaired) electrons. The third-order valence-electron chi connectivity index (χ3n) is 4.22. The van der Waals surface area contributed by atoms with Gasteiger partial charge in [-0.1, -0.05) is 0 Å². The second-order valence-corrected chi connectivity index (χ2v) is 6.77. The second-order valence-electron chi connectivity index (χ2n) is 6.77. The molecule has 2 aromatic rings. The van der Waals surface area contributed by atoms with E-state index in [0.29, 0.717) is 17.2 Å². The summed E-state index contributed by atoms with van der Waals surface area (Å²) in [4.78, 5) is 26.6. The highest BCUT2D eigenvalue weighted by Crippen LogP contribution is 2.35. The molecule has 0 fully saturated rings. The fourth-order valence-electron chi connectivity index (χ4n) is 3.15. The summed E-state index contributed by atoms with van der Waals surface area (Å²) >= 11 is 0. The summed E-state index contributed by atoms with van der Waals surface area (Å²) in [5.41, 5.74) is 1.08. The monoisotopic (exact) mass is 357 g/mol. The molecule has 0 atom stereocenters. The predicted octanol–water partition coefficient (Wildman–Crippen LogP) is 2.28. The molecule has 1 aromatic carbocycles. The number of nitrogens with zero attached hydrogens (tertiary/aromatic N) is 3. The zero-order valence-electron chi connectivity index (χ0n) is 15.4. The SMILES string of the molecule is CC(C)N(C(=O)Cn1nc(-c2ccc3c(c2)OCO3)ccc1=O)C(C)C. The minimum absolute atomic E-state index is 0.0512. The van der Waals surface area contributed by atoms with Crippen molar-refractivity contribution in [3.05, 3.63) is 40.7 Å². The fourth-order valence-corrected chi connectivity index (χ4v) is 3.15. The van der Waals surface area contributed by atoms with Crippen LogP contribution in [-0.4, -0.2) is 39.5 Å². The fraction of sp³-hybridized carbons (Fsp3) is 0.421. The topological polar surface area (TPSA) is 73.7 Å². The number of amides is 1. The van der Waals surface area contributed by atoms with Crippen molar-refractivity contribution in [3.8, 4) is 22.8 Å². The average Bonchev–Trinajstić information content (AvgIpc) is 3.03. The Bertz CT molecular complexity index is 865. The Labute approximate surface area is 152 Å². The summed E-state index contributed by atoms with van der Waals surface area (Å²) in [6, 6.07) is 8.64. The molecule has 1 aliphatic heterocycles. The molecule has 0 N–H and O–H groups in total. The van der Waals surface area contributed by atoms with Gasteiger partial charge in [-0.25, -0.2) is 4.68 Å². The lowest BCUT2D eigenvalue weighted by atomic mass is 10.1. The first kappa shape index (κ1) is 18.0. The van der Waals surface area contributed by atoms with Gasteiger partial charge in [0.1, 0.15) is 6.54 Å². The smallest absolute Gasteiger partial charge is 0.267 e. The largest absolute Gasteiger partial charge is 0.454 e. The third-order valence-corrected chi connectivity index (χ3v) is 4.22. The maximum Gasteiger partial charge on any atom is 0.267 e. The quantitative estimate of drug-likeness (QED) is 0.821. The predicted molar refractivity (Wildman–Crippen MR) is 97.2 cm³/mol. The van der Waals surface area contributed by atoms with Crippen molar-refractivity contribution in [2.75, 3.05) is 6.79 Å². The van der Waals surface area contributed by atoms with E-state index >= 15 is 0 Å². The molecule has 26 heavy (non-hydrogen) atoms. The van der Waals surface area contributed by atoms with E-state index in [4.69, 9.17) is 9.47 Å². The summed E-state index contributed by atoms with van der Waals surface area (Å²) < 4.78 is 11.9. The highest BCUT2D eigenvalue weighted by Gasteiger charge is 2.21. The molecule has 138 valence electrons. The van der Waals surface area contributed by atoms with Crippen LogP contribution in [0.3, 0.4) is 0 Å². The van der Waals surface area contributed by atoms with Crippen molar-refractivity contribution in [1.82, 2.24) is 14.7 Å². The van der Waals surface area contributed by atoms with Crippen LogP contribution in [0.5, 0.6) is 11.5 Å². The molecule has 7 nitrogen and oxygen atoms in total. The number of fused-ring (bicyclic) bond motifs is 1. The number of rotatable bonds is 5. The Kier molecular flexibility index (Phi) is 4.97. The van der Waals surface area contributed by atoms with Gasteiger partial charge in [0.05, 0.1) is 5.69 Å². The first-order chi connectivity index (χ1) is 12.4. The zero-order valence-corrected chi connectivity index (χ0v) is 15.4. The first-order valence-corrected chi connectivity index (χ1v) is 8.66. The summed E-state index contributed by atoms with van der Waals surface area (Å²) in [5, 5.41) is 4.37. The van der Waals surface area contributed by atoms with Gasteiger partial charge in [-0.15, -0.1) is 0 Å². The molecule has 0 bridgehead atoms. The van der Waals surface area contributed by atoms with Gasteiger partial charge in [0.2, 0.25) is 12.7 Å². The number of hydrogen-bond acceptors (Lipinski definition) is 5. The molecule has 1 aliphatic rings. The van der Waals surface area contributed by atoms with E-state index in [1.807, 2.05) is 39.8 Å². The van der Waals surface area contributed by atoms with E-state index < -0.39 is 0 Å². The molecule has 1 amide bonds. The summed E-state index contributed by atoms with van der Waals surface area (Å²) in [5.74, 6) is 1.19. The average molecular weight is 357 g/mol. The Morgan fingerprint density at radius 1 is 1.12 bits per heavy atom. The van der Waals surface area contributed by atoms with Gasteiger partial charge in [-0.3, -0.25) is 9.59 Å². The number of carbonyl (C=O) groups excluding carboxylic acids is 1. The van der Waals surface area contributed by atoms with Crippen molar-refractivity contribution in [2.24, 2.45) is 0 Å². The van der Waals surface area contributed by atoms with Crippen LogP contribution in [0, 0.1) is 0 Å². The van der Waals surface area contributed by atoms with Crippen LogP contribution in [0.4, 0.5) is 0 Å². The number of carbonyl (C=O) groups is 1. The molecule has 0 aliphatic carbocycles. The molecule has 1 aromatic heterocycles. The molecular formula is C19H23N3O4. The van der Waals surface area contributed by atoms with E-state index in [-0.39, 0.29) is 36.9 Å². The van der Waals surface area contributed by atoms with E-state index in [9.17, 15) is 9.59 Å². The highest BCUT2D eigenvalue weighted by atomic mass is 16.7. The lowest BCUT2D eigenvalue weighted by molar-refractivity contribution is -0.135. The lowest BCUT2D eigenvalue weighted by Gasteiger charge is -2.30. The van der Waals surface area contributed by atoms with Gasteiger partial charge >= 0.3 is 0 Å². The van der Waals surface area contributed by atoms with Crippen molar-refractivity contribution in [3.63, 3.8) is 0 Å². The van der Waals surface area contributed by atoms with Gasteiger partial charge in [-0.2, -0.15) is 5.10 Å². The molecule has 0 saturated carbocycles. The molecule has 0 saturated heterocycles. The van der Waals surface area contributed by atoms with Crippen molar-refractivity contribution in [2.45, 2.75) is 46.3 Å². The normalized spacial score (nSPS) is 12.7. The molecule has 2 heterocycles. The molecule has 3 rings (SSSR count). The zero-order chi connectivity index (χ0) is 18.8. The number of aromatic nitrogens is 2. The standard InChI is InChI=1S/C19H23N3O4/c1-12(2)22(13(3)4)19(24)10-21-18(23)8-6-15(20-21)14-5-7-16-17(9-14)26-11-25-16/h5-9,12-13H,10-11H2,1-4H3. The Balaban J connectivity index is 1.89.